The van der Waals surface area contributed by atoms with Gasteiger partial charge in [-0.1, -0.05) is 61.5 Å². The molecule has 0 radical (unpaired) electrons. The molecule has 27 heavy (non-hydrogen) atoms. The van der Waals surface area contributed by atoms with Gasteiger partial charge in [-0.05, 0) is 17.9 Å². The Bertz CT molecular complexity index is 886. The summed E-state index contributed by atoms with van der Waals surface area (Å²) < 4.78 is 5.14. The fraction of sp³-hybridized carbons (Fsp3) is 0.421. The molecule has 0 aliphatic rings. The Labute approximate surface area is 162 Å². The third-order valence-corrected chi connectivity index (χ3v) is 4.93. The quantitative estimate of drug-likeness (QED) is 0.623. The Kier molecular flexibility index (Phi) is 6.28. The van der Waals surface area contributed by atoms with Crippen molar-refractivity contribution in [3.63, 3.8) is 0 Å². The van der Waals surface area contributed by atoms with Crippen LogP contribution in [-0.4, -0.2) is 26.2 Å². The highest BCUT2D eigenvalue weighted by molar-refractivity contribution is 7.18. The van der Waals surface area contributed by atoms with E-state index in [2.05, 4.69) is 58.6 Å². The van der Waals surface area contributed by atoms with Gasteiger partial charge in [-0.15, -0.1) is 10.2 Å². The zero-order valence-corrected chi connectivity index (χ0v) is 16.5. The van der Waals surface area contributed by atoms with Crippen LogP contribution >= 0.6 is 11.3 Å². The van der Waals surface area contributed by atoms with Gasteiger partial charge in [0.05, 0.1) is 0 Å². The van der Waals surface area contributed by atoms with Crippen molar-refractivity contribution in [1.82, 2.24) is 20.3 Å². The summed E-state index contributed by atoms with van der Waals surface area (Å²) in [5.41, 5.74) is 2.27. The highest BCUT2D eigenvalue weighted by Gasteiger charge is 2.12. The highest BCUT2D eigenvalue weighted by Crippen LogP contribution is 2.27. The molecule has 1 aromatic carbocycles. The number of aryl methyl sites for hydroxylation is 2. The lowest BCUT2D eigenvalue weighted by Gasteiger charge is -2.04. The van der Waals surface area contributed by atoms with Crippen LogP contribution in [0.3, 0.4) is 0 Å². The van der Waals surface area contributed by atoms with Crippen LogP contribution in [0.4, 0.5) is 5.13 Å². The topological polar surface area (TPSA) is 93.8 Å². The monoisotopic (exact) mass is 385 g/mol. The molecule has 142 valence electrons. The van der Waals surface area contributed by atoms with E-state index in [9.17, 15) is 4.79 Å². The second kappa shape index (κ2) is 8.85. The first-order valence-corrected chi connectivity index (χ1v) is 9.92. The molecule has 0 saturated carbocycles. The van der Waals surface area contributed by atoms with E-state index in [1.807, 2.05) is 12.1 Å². The molecule has 2 aromatic heterocycles. The summed E-state index contributed by atoms with van der Waals surface area (Å²) in [4.78, 5) is 16.4. The second-order valence-electron chi connectivity index (χ2n) is 6.59. The number of carbonyl (C=O) groups is 1. The van der Waals surface area contributed by atoms with E-state index in [4.69, 9.17) is 4.52 Å². The maximum Gasteiger partial charge on any atom is 0.227 e. The van der Waals surface area contributed by atoms with Crippen molar-refractivity contribution >= 4 is 22.4 Å². The molecule has 0 atom stereocenters. The normalized spacial score (nSPS) is 11.1. The van der Waals surface area contributed by atoms with Crippen molar-refractivity contribution < 1.29 is 9.32 Å². The predicted octanol–water partition coefficient (Wildman–Crippen LogP) is 4.24. The molecule has 3 aromatic rings. The van der Waals surface area contributed by atoms with Gasteiger partial charge in [0, 0.05) is 24.8 Å². The minimum Gasteiger partial charge on any atom is -0.339 e. The van der Waals surface area contributed by atoms with Gasteiger partial charge in [0.1, 0.15) is 5.01 Å². The Morgan fingerprint density at radius 3 is 2.67 bits per heavy atom. The molecular weight excluding hydrogens is 362 g/mol. The van der Waals surface area contributed by atoms with Crippen LogP contribution in [0.1, 0.15) is 56.8 Å². The van der Waals surface area contributed by atoms with Crippen LogP contribution in [-0.2, 0) is 17.6 Å². The van der Waals surface area contributed by atoms with E-state index in [1.54, 1.807) is 0 Å². The van der Waals surface area contributed by atoms with Crippen molar-refractivity contribution in [2.75, 3.05) is 5.32 Å². The van der Waals surface area contributed by atoms with Crippen LogP contribution in [0, 0.1) is 0 Å². The molecule has 0 aliphatic carbocycles. The van der Waals surface area contributed by atoms with Crippen LogP contribution in [0.2, 0.25) is 0 Å². The zero-order valence-electron chi connectivity index (χ0n) is 15.7. The van der Waals surface area contributed by atoms with E-state index >= 15 is 0 Å². The van der Waals surface area contributed by atoms with E-state index in [-0.39, 0.29) is 12.3 Å². The first kappa shape index (κ1) is 19.2. The number of nitrogens with zero attached hydrogens (tertiary/aromatic N) is 4. The van der Waals surface area contributed by atoms with Gasteiger partial charge in [-0.25, -0.2) is 0 Å². The molecular formula is C19H23N5O2S. The Balaban J connectivity index is 1.54. The number of carbonyl (C=O) groups excluding carboxylic acids is 1. The number of aromatic nitrogens is 4. The lowest BCUT2D eigenvalue weighted by molar-refractivity contribution is -0.116. The molecule has 7 nitrogen and oxygen atoms in total. The number of rotatable bonds is 8. The maximum absolute atomic E-state index is 12.1. The van der Waals surface area contributed by atoms with Gasteiger partial charge >= 0.3 is 0 Å². The Morgan fingerprint density at radius 1 is 1.19 bits per heavy atom. The SMILES string of the molecule is CCCc1noc(CCC(=O)Nc2nnc(-c3ccc(C(C)C)cc3)s2)n1. The summed E-state index contributed by atoms with van der Waals surface area (Å²) in [6.07, 6.45) is 2.40. The van der Waals surface area contributed by atoms with Crippen molar-refractivity contribution in [2.24, 2.45) is 0 Å². The molecule has 8 heteroatoms. The molecule has 2 heterocycles. The fourth-order valence-corrected chi connectivity index (χ4v) is 3.29. The smallest absolute Gasteiger partial charge is 0.227 e. The number of hydrogen-bond donors (Lipinski definition) is 1. The van der Waals surface area contributed by atoms with Crippen LogP contribution in [0.5, 0.6) is 0 Å². The van der Waals surface area contributed by atoms with Crippen molar-refractivity contribution in [2.45, 2.75) is 52.4 Å². The fourth-order valence-electron chi connectivity index (χ4n) is 2.52. The summed E-state index contributed by atoms with van der Waals surface area (Å²) in [5, 5.41) is 16.2. The summed E-state index contributed by atoms with van der Waals surface area (Å²) in [7, 11) is 0. The highest BCUT2D eigenvalue weighted by atomic mass is 32.1. The predicted molar refractivity (Wildman–Crippen MR) is 105 cm³/mol. The van der Waals surface area contributed by atoms with Gasteiger partial charge < -0.3 is 9.84 Å². The molecule has 0 unspecified atom stereocenters. The van der Waals surface area contributed by atoms with Gasteiger partial charge in [-0.3, -0.25) is 4.79 Å². The largest absolute Gasteiger partial charge is 0.339 e. The first-order valence-electron chi connectivity index (χ1n) is 9.10. The summed E-state index contributed by atoms with van der Waals surface area (Å²) in [6.45, 7) is 6.37. The van der Waals surface area contributed by atoms with Gasteiger partial charge in [0.2, 0.25) is 16.9 Å². The molecule has 0 aliphatic heterocycles. The molecule has 3 rings (SSSR count). The van der Waals surface area contributed by atoms with Crippen LogP contribution in [0.15, 0.2) is 28.8 Å². The van der Waals surface area contributed by atoms with Crippen molar-refractivity contribution in [3.8, 4) is 10.6 Å². The summed E-state index contributed by atoms with van der Waals surface area (Å²) >= 11 is 1.36. The Hall–Kier alpha value is -2.61. The summed E-state index contributed by atoms with van der Waals surface area (Å²) in [5.74, 6) is 1.50. The molecule has 1 N–H and O–H groups in total. The van der Waals surface area contributed by atoms with Crippen LogP contribution in [0.25, 0.3) is 10.6 Å². The lowest BCUT2D eigenvalue weighted by atomic mass is 10.0. The second-order valence-corrected chi connectivity index (χ2v) is 7.57. The van der Waals surface area contributed by atoms with E-state index in [0.29, 0.717) is 29.2 Å². The molecule has 0 fully saturated rings. The average molecular weight is 385 g/mol. The third-order valence-electron chi connectivity index (χ3n) is 4.05. The lowest BCUT2D eigenvalue weighted by Crippen LogP contribution is -2.12. The standard InChI is InChI=1S/C19H23N5O2S/c1-4-5-15-20-17(26-24-15)11-10-16(25)21-19-23-22-18(27-19)14-8-6-13(7-9-14)12(2)3/h6-9,12H,4-5,10-11H2,1-3H3,(H,21,23,25). The first-order chi connectivity index (χ1) is 13.0. The Morgan fingerprint density at radius 2 is 1.96 bits per heavy atom. The molecule has 0 saturated heterocycles. The molecule has 1 amide bonds. The minimum absolute atomic E-state index is 0.150. The van der Waals surface area contributed by atoms with Crippen molar-refractivity contribution in [3.05, 3.63) is 41.5 Å². The summed E-state index contributed by atoms with van der Waals surface area (Å²) in [6, 6.07) is 8.25. The van der Waals surface area contributed by atoms with E-state index < -0.39 is 0 Å². The molecule has 0 bridgehead atoms. The average Bonchev–Trinajstić information content (AvgIpc) is 3.30. The van der Waals surface area contributed by atoms with Gasteiger partial charge in [0.25, 0.3) is 0 Å². The number of hydrogen-bond acceptors (Lipinski definition) is 7. The van der Waals surface area contributed by atoms with Gasteiger partial charge in [0.15, 0.2) is 5.82 Å². The maximum atomic E-state index is 12.1. The minimum atomic E-state index is -0.150. The van der Waals surface area contributed by atoms with Crippen molar-refractivity contribution in [1.29, 1.82) is 0 Å². The number of nitrogens with one attached hydrogen (secondary N) is 1. The number of anilines is 1. The molecule has 0 spiro atoms. The third kappa shape index (κ3) is 5.19. The number of benzene rings is 1. The van der Waals surface area contributed by atoms with E-state index in [0.717, 1.165) is 23.4 Å². The number of amides is 1. The van der Waals surface area contributed by atoms with E-state index in [1.165, 1.54) is 16.9 Å². The van der Waals surface area contributed by atoms with Gasteiger partial charge in [-0.2, -0.15) is 4.98 Å². The zero-order chi connectivity index (χ0) is 19.2. The van der Waals surface area contributed by atoms with Crippen LogP contribution < -0.4 is 5.32 Å².